The van der Waals surface area contributed by atoms with Gasteiger partial charge in [-0.2, -0.15) is 0 Å². The first kappa shape index (κ1) is 15.7. The first-order valence-electron chi connectivity index (χ1n) is 7.40. The average Bonchev–Trinajstić information content (AvgIpc) is 2.63. The number of hydrogen-bond acceptors (Lipinski definition) is 2. The molecule has 0 aliphatic carbocycles. The van der Waals surface area contributed by atoms with Crippen molar-refractivity contribution in [1.82, 2.24) is 0 Å². The van der Waals surface area contributed by atoms with Crippen LogP contribution in [0, 0.1) is 11.6 Å². The molecule has 3 aromatic carbocycles. The molecule has 0 aliphatic heterocycles. The first-order valence-corrected chi connectivity index (χ1v) is 7.40. The van der Waals surface area contributed by atoms with Crippen molar-refractivity contribution in [2.24, 2.45) is 9.98 Å². The molecule has 0 bridgehead atoms. The third-order valence-corrected chi connectivity index (χ3v) is 3.34. The fourth-order valence-electron chi connectivity index (χ4n) is 2.13. The van der Waals surface area contributed by atoms with Gasteiger partial charge in [0.25, 0.3) is 0 Å². The molecule has 0 atom stereocenters. The zero-order valence-electron chi connectivity index (χ0n) is 12.7. The van der Waals surface area contributed by atoms with E-state index in [0.717, 1.165) is 23.3 Å². The van der Waals surface area contributed by atoms with Crippen LogP contribution in [-0.4, -0.2) is 12.4 Å². The predicted molar refractivity (Wildman–Crippen MR) is 93.8 cm³/mol. The van der Waals surface area contributed by atoms with Crippen molar-refractivity contribution in [3.8, 4) is 0 Å². The number of hydrogen-bond donors (Lipinski definition) is 0. The van der Waals surface area contributed by atoms with E-state index in [-0.39, 0.29) is 11.4 Å². The lowest BCUT2D eigenvalue weighted by atomic mass is 10.2. The molecular formula is C20H14F2N2. The molecule has 0 aliphatic rings. The van der Waals surface area contributed by atoms with E-state index in [2.05, 4.69) is 9.98 Å². The standard InChI is InChI=1S/C20H14F2N2/c21-17-11-12-18(22)20(24-14-16-9-5-2-6-10-16)19(17)23-13-15-7-3-1-4-8-15/h1-14H. The summed E-state index contributed by atoms with van der Waals surface area (Å²) in [7, 11) is 0. The van der Waals surface area contributed by atoms with Gasteiger partial charge in [-0.05, 0) is 23.3 Å². The Morgan fingerprint density at radius 3 is 1.29 bits per heavy atom. The van der Waals surface area contributed by atoms with E-state index in [1.807, 2.05) is 60.7 Å². The van der Waals surface area contributed by atoms with Crippen LogP contribution in [0.15, 0.2) is 82.8 Å². The Kier molecular flexibility index (Phi) is 4.87. The highest BCUT2D eigenvalue weighted by atomic mass is 19.1. The summed E-state index contributed by atoms with van der Waals surface area (Å²) in [5.74, 6) is -1.24. The average molecular weight is 320 g/mol. The predicted octanol–water partition coefficient (Wildman–Crippen LogP) is 5.47. The molecule has 0 spiro atoms. The maximum Gasteiger partial charge on any atom is 0.151 e. The Morgan fingerprint density at radius 1 is 0.542 bits per heavy atom. The largest absolute Gasteiger partial charge is 0.251 e. The second kappa shape index (κ2) is 7.42. The van der Waals surface area contributed by atoms with Crippen LogP contribution in [0.4, 0.5) is 20.2 Å². The van der Waals surface area contributed by atoms with E-state index in [1.54, 1.807) is 0 Å². The molecule has 0 saturated carbocycles. The van der Waals surface area contributed by atoms with Crippen LogP contribution in [-0.2, 0) is 0 Å². The van der Waals surface area contributed by atoms with Crippen molar-refractivity contribution < 1.29 is 8.78 Å². The smallest absolute Gasteiger partial charge is 0.151 e. The Morgan fingerprint density at radius 2 is 0.917 bits per heavy atom. The van der Waals surface area contributed by atoms with Crippen LogP contribution in [0.5, 0.6) is 0 Å². The third kappa shape index (κ3) is 3.79. The van der Waals surface area contributed by atoms with Gasteiger partial charge in [-0.25, -0.2) is 8.78 Å². The number of rotatable bonds is 4. The maximum atomic E-state index is 14.1. The summed E-state index contributed by atoms with van der Waals surface area (Å²) in [4.78, 5) is 8.19. The lowest BCUT2D eigenvalue weighted by Gasteiger charge is -2.04. The van der Waals surface area contributed by atoms with Crippen molar-refractivity contribution in [3.63, 3.8) is 0 Å². The summed E-state index contributed by atoms with van der Waals surface area (Å²) < 4.78 is 28.2. The van der Waals surface area contributed by atoms with Crippen molar-refractivity contribution in [3.05, 3.63) is 95.6 Å². The summed E-state index contributed by atoms with van der Waals surface area (Å²) in [6, 6.07) is 20.5. The molecule has 0 unspecified atom stereocenters. The fraction of sp³-hybridized carbons (Fsp3) is 0. The molecule has 0 N–H and O–H groups in total. The van der Waals surface area contributed by atoms with Crippen LogP contribution in [0.2, 0.25) is 0 Å². The van der Waals surface area contributed by atoms with Gasteiger partial charge in [-0.1, -0.05) is 60.7 Å². The molecule has 3 aromatic rings. The Bertz CT molecular complexity index is 798. The van der Waals surface area contributed by atoms with Gasteiger partial charge in [0.1, 0.15) is 11.4 Å². The van der Waals surface area contributed by atoms with Crippen molar-refractivity contribution in [2.75, 3.05) is 0 Å². The minimum atomic E-state index is -0.621. The Balaban J connectivity index is 1.98. The molecule has 4 heteroatoms. The van der Waals surface area contributed by atoms with E-state index in [4.69, 9.17) is 0 Å². The molecule has 0 heterocycles. The summed E-state index contributed by atoms with van der Waals surface area (Å²) in [6.07, 6.45) is 2.97. The highest BCUT2D eigenvalue weighted by Crippen LogP contribution is 2.33. The molecular weight excluding hydrogens is 306 g/mol. The number of halogens is 2. The summed E-state index contributed by atoms with van der Waals surface area (Å²) in [5.41, 5.74) is 1.34. The molecule has 2 nitrogen and oxygen atoms in total. The lowest BCUT2D eigenvalue weighted by molar-refractivity contribution is 0.604. The maximum absolute atomic E-state index is 14.1. The second-order valence-electron chi connectivity index (χ2n) is 5.06. The number of nitrogens with zero attached hydrogens (tertiary/aromatic N) is 2. The van der Waals surface area contributed by atoms with Crippen LogP contribution in [0.25, 0.3) is 0 Å². The van der Waals surface area contributed by atoms with Crippen LogP contribution >= 0.6 is 0 Å². The number of aliphatic imine (C=N–C) groups is 2. The second-order valence-corrected chi connectivity index (χ2v) is 5.06. The quantitative estimate of drug-likeness (QED) is 0.570. The van der Waals surface area contributed by atoms with Gasteiger partial charge in [0.05, 0.1) is 0 Å². The van der Waals surface area contributed by atoms with Gasteiger partial charge < -0.3 is 0 Å². The van der Waals surface area contributed by atoms with E-state index in [1.165, 1.54) is 12.4 Å². The van der Waals surface area contributed by atoms with Crippen LogP contribution < -0.4 is 0 Å². The Labute approximate surface area is 138 Å². The van der Waals surface area contributed by atoms with E-state index < -0.39 is 11.6 Å². The zero-order chi connectivity index (χ0) is 16.8. The third-order valence-electron chi connectivity index (χ3n) is 3.34. The normalized spacial score (nSPS) is 11.4. The monoisotopic (exact) mass is 320 g/mol. The molecule has 3 rings (SSSR count). The van der Waals surface area contributed by atoms with Gasteiger partial charge >= 0.3 is 0 Å². The minimum absolute atomic E-state index is 0.119. The van der Waals surface area contributed by atoms with Gasteiger partial charge in [-0.3, -0.25) is 9.98 Å². The summed E-state index contributed by atoms with van der Waals surface area (Å²) in [6.45, 7) is 0. The van der Waals surface area contributed by atoms with Crippen molar-refractivity contribution >= 4 is 23.8 Å². The molecule has 0 fully saturated rings. The van der Waals surface area contributed by atoms with Gasteiger partial charge in [0.15, 0.2) is 11.6 Å². The molecule has 0 radical (unpaired) electrons. The molecule has 118 valence electrons. The Hall–Kier alpha value is -3.14. The topological polar surface area (TPSA) is 24.7 Å². The van der Waals surface area contributed by atoms with Gasteiger partial charge in [-0.15, -0.1) is 0 Å². The van der Waals surface area contributed by atoms with E-state index in [9.17, 15) is 8.78 Å². The molecule has 0 aromatic heterocycles. The summed E-state index contributed by atoms with van der Waals surface area (Å²) in [5, 5.41) is 0. The van der Waals surface area contributed by atoms with E-state index >= 15 is 0 Å². The summed E-state index contributed by atoms with van der Waals surface area (Å²) >= 11 is 0. The molecule has 0 saturated heterocycles. The molecule has 24 heavy (non-hydrogen) atoms. The highest BCUT2D eigenvalue weighted by Gasteiger charge is 2.12. The SMILES string of the molecule is Fc1ccc(F)c(N=Cc2ccccc2)c1N=Cc1ccccc1. The highest BCUT2D eigenvalue weighted by molar-refractivity contribution is 5.86. The number of benzene rings is 3. The van der Waals surface area contributed by atoms with Crippen LogP contribution in [0.1, 0.15) is 11.1 Å². The van der Waals surface area contributed by atoms with Crippen LogP contribution in [0.3, 0.4) is 0 Å². The first-order chi connectivity index (χ1) is 11.7. The minimum Gasteiger partial charge on any atom is -0.251 e. The van der Waals surface area contributed by atoms with Crippen molar-refractivity contribution in [2.45, 2.75) is 0 Å². The van der Waals surface area contributed by atoms with Gasteiger partial charge in [0.2, 0.25) is 0 Å². The van der Waals surface area contributed by atoms with Crippen molar-refractivity contribution in [1.29, 1.82) is 0 Å². The van der Waals surface area contributed by atoms with E-state index in [0.29, 0.717) is 0 Å². The fourth-order valence-corrected chi connectivity index (χ4v) is 2.13. The zero-order valence-corrected chi connectivity index (χ0v) is 12.7. The lowest BCUT2D eigenvalue weighted by Crippen LogP contribution is -1.86. The molecule has 0 amide bonds. The van der Waals surface area contributed by atoms with Gasteiger partial charge in [0, 0.05) is 12.4 Å².